The highest BCUT2D eigenvalue weighted by molar-refractivity contribution is 6.32. The quantitative estimate of drug-likeness (QED) is 0.870. The summed E-state index contributed by atoms with van der Waals surface area (Å²) >= 11 is 5.86. The van der Waals surface area contributed by atoms with Gasteiger partial charge in [-0.2, -0.15) is 5.10 Å². The van der Waals surface area contributed by atoms with E-state index in [1.54, 1.807) is 10.9 Å². The number of anilines is 1. The van der Waals surface area contributed by atoms with Crippen LogP contribution in [0.1, 0.15) is 16.7 Å². The van der Waals surface area contributed by atoms with Gasteiger partial charge in [-0.25, -0.2) is 4.68 Å². The molecule has 0 saturated carbocycles. The number of hydrogen-bond acceptors (Lipinski definition) is 2. The Balaban J connectivity index is 2.33. The molecule has 2 N–H and O–H groups in total. The van der Waals surface area contributed by atoms with Crippen molar-refractivity contribution in [3.8, 4) is 0 Å². The molecule has 4 heteroatoms. The molecule has 3 nitrogen and oxygen atoms in total. The Kier molecular flexibility index (Phi) is 2.88. The van der Waals surface area contributed by atoms with Crippen LogP contribution < -0.4 is 5.73 Å². The highest BCUT2D eigenvalue weighted by Crippen LogP contribution is 2.19. The van der Waals surface area contributed by atoms with Crippen molar-refractivity contribution in [3.05, 3.63) is 46.1 Å². The van der Waals surface area contributed by atoms with Gasteiger partial charge in [-0.3, -0.25) is 0 Å². The Labute approximate surface area is 99.8 Å². The number of aryl methyl sites for hydroxylation is 2. The first-order chi connectivity index (χ1) is 7.58. The maximum atomic E-state index is 5.86. The lowest BCUT2D eigenvalue weighted by atomic mass is 10.1. The first-order valence-corrected chi connectivity index (χ1v) is 5.48. The van der Waals surface area contributed by atoms with Gasteiger partial charge in [0, 0.05) is 0 Å². The zero-order chi connectivity index (χ0) is 11.7. The maximum Gasteiger partial charge on any atom is 0.140 e. The first kappa shape index (κ1) is 11.0. The molecule has 0 unspecified atom stereocenters. The van der Waals surface area contributed by atoms with Crippen LogP contribution >= 0.6 is 11.6 Å². The highest BCUT2D eigenvalue weighted by Gasteiger charge is 2.06. The Hall–Kier alpha value is -1.48. The molecular weight excluding hydrogens is 222 g/mol. The summed E-state index contributed by atoms with van der Waals surface area (Å²) in [7, 11) is 0. The van der Waals surface area contributed by atoms with Gasteiger partial charge < -0.3 is 5.73 Å². The fourth-order valence-electron chi connectivity index (χ4n) is 1.63. The zero-order valence-electron chi connectivity index (χ0n) is 9.37. The van der Waals surface area contributed by atoms with Crippen LogP contribution in [0.4, 0.5) is 5.82 Å². The summed E-state index contributed by atoms with van der Waals surface area (Å²) in [5, 5.41) is 4.65. The zero-order valence-corrected chi connectivity index (χ0v) is 10.1. The Morgan fingerprint density at radius 1 is 1.38 bits per heavy atom. The molecule has 16 heavy (non-hydrogen) atoms. The van der Waals surface area contributed by atoms with Crippen molar-refractivity contribution >= 4 is 17.4 Å². The lowest BCUT2D eigenvalue weighted by Gasteiger charge is -2.08. The number of nitrogens with zero attached hydrogens (tertiary/aromatic N) is 2. The van der Waals surface area contributed by atoms with E-state index < -0.39 is 0 Å². The number of rotatable bonds is 2. The van der Waals surface area contributed by atoms with Crippen LogP contribution in [0.3, 0.4) is 0 Å². The van der Waals surface area contributed by atoms with Crippen LogP contribution in [0.5, 0.6) is 0 Å². The number of hydrogen-bond donors (Lipinski definition) is 1. The summed E-state index contributed by atoms with van der Waals surface area (Å²) in [4.78, 5) is 0. The van der Waals surface area contributed by atoms with Crippen LogP contribution in [0.25, 0.3) is 0 Å². The summed E-state index contributed by atoms with van der Waals surface area (Å²) in [5.41, 5.74) is 9.49. The molecule has 0 bridgehead atoms. The van der Waals surface area contributed by atoms with Crippen molar-refractivity contribution in [2.45, 2.75) is 20.4 Å². The molecule has 84 valence electrons. The van der Waals surface area contributed by atoms with E-state index in [0.717, 1.165) is 0 Å². The van der Waals surface area contributed by atoms with Crippen LogP contribution in [0.15, 0.2) is 24.4 Å². The Morgan fingerprint density at radius 2 is 2.12 bits per heavy atom. The predicted molar refractivity (Wildman–Crippen MR) is 66.7 cm³/mol. The third kappa shape index (κ3) is 2.04. The minimum absolute atomic E-state index is 0.505. The lowest BCUT2D eigenvalue weighted by Crippen LogP contribution is -2.07. The largest absolute Gasteiger partial charge is 0.383 e. The van der Waals surface area contributed by atoms with E-state index in [-0.39, 0.29) is 0 Å². The molecule has 0 radical (unpaired) electrons. The summed E-state index contributed by atoms with van der Waals surface area (Å²) in [6.45, 7) is 4.81. The van der Waals surface area contributed by atoms with E-state index in [4.69, 9.17) is 17.3 Å². The third-order valence-corrected chi connectivity index (χ3v) is 2.95. The van der Waals surface area contributed by atoms with Gasteiger partial charge in [0.15, 0.2) is 0 Å². The molecule has 2 aromatic rings. The molecule has 1 heterocycles. The highest BCUT2D eigenvalue weighted by atomic mass is 35.5. The van der Waals surface area contributed by atoms with Crippen molar-refractivity contribution < 1.29 is 0 Å². The van der Waals surface area contributed by atoms with E-state index >= 15 is 0 Å². The molecule has 0 amide bonds. The maximum absolute atomic E-state index is 5.86. The second kappa shape index (κ2) is 4.18. The lowest BCUT2D eigenvalue weighted by molar-refractivity contribution is 0.694. The van der Waals surface area contributed by atoms with E-state index in [1.807, 2.05) is 0 Å². The summed E-state index contributed by atoms with van der Waals surface area (Å²) in [6, 6.07) is 6.34. The van der Waals surface area contributed by atoms with E-state index in [9.17, 15) is 0 Å². The van der Waals surface area contributed by atoms with Gasteiger partial charge >= 0.3 is 0 Å². The summed E-state index contributed by atoms with van der Waals surface area (Å²) < 4.78 is 1.71. The van der Waals surface area contributed by atoms with Gasteiger partial charge in [-0.05, 0) is 25.0 Å². The Morgan fingerprint density at radius 3 is 2.75 bits per heavy atom. The minimum atomic E-state index is 0.505. The second-order valence-electron chi connectivity index (χ2n) is 3.97. The molecule has 0 atom stereocenters. The van der Waals surface area contributed by atoms with Crippen LogP contribution in [0, 0.1) is 13.8 Å². The van der Waals surface area contributed by atoms with Crippen molar-refractivity contribution in [1.29, 1.82) is 0 Å². The summed E-state index contributed by atoms with van der Waals surface area (Å²) in [6.07, 6.45) is 1.57. The second-order valence-corrected chi connectivity index (χ2v) is 4.37. The molecule has 0 spiro atoms. The average molecular weight is 236 g/mol. The van der Waals surface area contributed by atoms with Crippen molar-refractivity contribution in [2.75, 3.05) is 5.73 Å². The van der Waals surface area contributed by atoms with Crippen molar-refractivity contribution in [1.82, 2.24) is 9.78 Å². The SMILES string of the molecule is Cc1ccc(C)c(Cn2ncc(Cl)c2N)c1. The number of nitrogen functional groups attached to an aromatic ring is 1. The fraction of sp³-hybridized carbons (Fsp3) is 0.250. The predicted octanol–water partition coefficient (Wildman–Crippen LogP) is 2.78. The fourth-order valence-corrected chi connectivity index (χ4v) is 1.77. The van der Waals surface area contributed by atoms with Gasteiger partial charge in [0.25, 0.3) is 0 Å². The number of benzene rings is 1. The van der Waals surface area contributed by atoms with E-state index in [0.29, 0.717) is 17.4 Å². The molecule has 2 rings (SSSR count). The molecular formula is C12H14ClN3. The normalized spacial score (nSPS) is 10.7. The average Bonchev–Trinajstić information content (AvgIpc) is 2.55. The van der Waals surface area contributed by atoms with E-state index in [1.165, 1.54) is 16.7 Å². The smallest absolute Gasteiger partial charge is 0.140 e. The molecule has 1 aromatic carbocycles. The number of nitrogens with two attached hydrogens (primary N) is 1. The molecule has 1 aromatic heterocycles. The van der Waals surface area contributed by atoms with Gasteiger partial charge in [-0.1, -0.05) is 35.4 Å². The van der Waals surface area contributed by atoms with Crippen molar-refractivity contribution in [2.24, 2.45) is 0 Å². The van der Waals surface area contributed by atoms with Gasteiger partial charge in [-0.15, -0.1) is 0 Å². The Bertz CT molecular complexity index is 517. The standard InChI is InChI=1S/C12H14ClN3/c1-8-3-4-9(2)10(5-8)7-16-12(14)11(13)6-15-16/h3-6H,7,14H2,1-2H3. The number of aromatic nitrogens is 2. The van der Waals surface area contributed by atoms with Gasteiger partial charge in [0.05, 0.1) is 12.7 Å². The van der Waals surface area contributed by atoms with Crippen LogP contribution in [0.2, 0.25) is 5.02 Å². The van der Waals surface area contributed by atoms with Gasteiger partial charge in [0.1, 0.15) is 10.8 Å². The molecule has 0 aliphatic rings. The van der Waals surface area contributed by atoms with Crippen molar-refractivity contribution in [3.63, 3.8) is 0 Å². The number of halogens is 1. The molecule has 0 fully saturated rings. The van der Waals surface area contributed by atoms with E-state index in [2.05, 4.69) is 37.1 Å². The van der Waals surface area contributed by atoms with Crippen LogP contribution in [-0.4, -0.2) is 9.78 Å². The molecule has 0 saturated heterocycles. The topological polar surface area (TPSA) is 43.8 Å². The molecule has 0 aliphatic heterocycles. The molecule has 0 aliphatic carbocycles. The third-order valence-electron chi connectivity index (χ3n) is 2.66. The monoisotopic (exact) mass is 235 g/mol. The minimum Gasteiger partial charge on any atom is -0.383 e. The first-order valence-electron chi connectivity index (χ1n) is 5.11. The summed E-state index contributed by atoms with van der Waals surface area (Å²) in [5.74, 6) is 0.516. The van der Waals surface area contributed by atoms with Crippen LogP contribution in [-0.2, 0) is 6.54 Å². The van der Waals surface area contributed by atoms with Gasteiger partial charge in [0.2, 0.25) is 0 Å².